The number of hydrogen-bond acceptors (Lipinski definition) is 5. The molecule has 10 aromatic rings. The Balaban J connectivity index is 1.23. The predicted octanol–water partition coefficient (Wildman–Crippen LogP) is 10.4. The maximum atomic E-state index is 6.18. The van der Waals surface area contributed by atoms with E-state index in [2.05, 4.69) is 94.5 Å². The van der Waals surface area contributed by atoms with Crippen LogP contribution < -0.4 is 0 Å². The Morgan fingerprint density at radius 2 is 1.25 bits per heavy atom. The van der Waals surface area contributed by atoms with Crippen LogP contribution in [-0.2, 0) is 0 Å². The average Bonchev–Trinajstić information content (AvgIpc) is 3.70. The topological polar surface area (TPSA) is 69.6 Å². The van der Waals surface area contributed by atoms with Gasteiger partial charge in [0, 0.05) is 38.9 Å². The van der Waals surface area contributed by atoms with Crippen LogP contribution in [0.1, 0.15) is 0 Å². The van der Waals surface area contributed by atoms with Crippen LogP contribution in [0.5, 0.6) is 0 Å². The van der Waals surface area contributed by atoms with Crippen molar-refractivity contribution in [2.45, 2.75) is 0 Å². The number of nitrogens with zero attached hydrogens (tertiary/aromatic N) is 5. The van der Waals surface area contributed by atoms with Crippen LogP contribution in [0.15, 0.2) is 156 Å². The molecule has 10 rings (SSSR count). The van der Waals surface area contributed by atoms with E-state index in [0.717, 1.165) is 60.4 Å². The Hall–Kier alpha value is -6.66. The molecule has 0 aliphatic carbocycles. The van der Waals surface area contributed by atoms with Gasteiger partial charge in [0.25, 0.3) is 0 Å². The smallest absolute Gasteiger partial charge is 0.238 e. The van der Waals surface area contributed by atoms with Crippen molar-refractivity contribution in [3.8, 4) is 39.9 Å². The molecule has 0 radical (unpaired) electrons. The summed E-state index contributed by atoms with van der Waals surface area (Å²) in [5.41, 5.74) is 7.65. The summed E-state index contributed by atoms with van der Waals surface area (Å²) in [6.45, 7) is 0. The second-order valence-corrected chi connectivity index (χ2v) is 11.9. The first-order valence-corrected chi connectivity index (χ1v) is 15.9. The lowest BCUT2D eigenvalue weighted by Gasteiger charge is -2.11. The molecule has 0 spiro atoms. The van der Waals surface area contributed by atoms with E-state index in [4.69, 9.17) is 19.4 Å². The van der Waals surface area contributed by atoms with Crippen LogP contribution in [0.25, 0.3) is 94.4 Å². The number of furan rings is 1. The first kappa shape index (κ1) is 26.5. The molecule has 6 aromatic carbocycles. The van der Waals surface area contributed by atoms with Crippen molar-refractivity contribution in [1.82, 2.24) is 24.5 Å². The summed E-state index contributed by atoms with van der Waals surface area (Å²) >= 11 is 0. The lowest BCUT2D eigenvalue weighted by atomic mass is 9.99. The van der Waals surface area contributed by atoms with Crippen LogP contribution in [0.2, 0.25) is 0 Å². The molecule has 0 aliphatic rings. The molecule has 6 nitrogen and oxygen atoms in total. The second-order valence-electron chi connectivity index (χ2n) is 11.9. The van der Waals surface area contributed by atoms with Gasteiger partial charge in [-0.3, -0.25) is 9.55 Å². The minimum Gasteiger partial charge on any atom is -0.454 e. The van der Waals surface area contributed by atoms with E-state index in [9.17, 15) is 0 Å². The second kappa shape index (κ2) is 10.4. The molecule has 0 saturated heterocycles. The molecule has 4 heterocycles. The van der Waals surface area contributed by atoms with Crippen molar-refractivity contribution in [3.05, 3.63) is 152 Å². The fourth-order valence-electron chi connectivity index (χ4n) is 6.90. The Kier molecular flexibility index (Phi) is 5.77. The number of hydrogen-bond donors (Lipinski definition) is 0. The first-order chi connectivity index (χ1) is 23.8. The maximum absolute atomic E-state index is 6.18. The molecule has 0 bridgehead atoms. The summed E-state index contributed by atoms with van der Waals surface area (Å²) < 4.78 is 8.34. The normalized spacial score (nSPS) is 11.8. The number of para-hydroxylation sites is 1. The lowest BCUT2D eigenvalue weighted by Crippen LogP contribution is -2.06. The molecule has 0 amide bonds. The Labute approximate surface area is 274 Å². The fraction of sp³-hybridized carbons (Fsp3) is 0. The molecule has 6 heteroatoms. The summed E-state index contributed by atoms with van der Waals surface area (Å²) in [5, 5.41) is 6.64. The largest absolute Gasteiger partial charge is 0.454 e. The van der Waals surface area contributed by atoms with Gasteiger partial charge < -0.3 is 4.42 Å². The zero-order valence-corrected chi connectivity index (χ0v) is 25.6. The third kappa shape index (κ3) is 4.13. The molecular formula is C42H25N5O. The van der Waals surface area contributed by atoms with Gasteiger partial charge in [-0.1, -0.05) is 103 Å². The highest BCUT2D eigenvalue weighted by Gasteiger charge is 2.20. The average molecular weight is 616 g/mol. The van der Waals surface area contributed by atoms with Gasteiger partial charge in [0.2, 0.25) is 5.95 Å². The van der Waals surface area contributed by atoms with Gasteiger partial charge in [-0.05, 0) is 58.3 Å². The Morgan fingerprint density at radius 1 is 0.479 bits per heavy atom. The molecule has 48 heavy (non-hydrogen) atoms. The highest BCUT2D eigenvalue weighted by atomic mass is 16.3. The Bertz CT molecular complexity index is 2850. The minimum atomic E-state index is 0.551. The fourth-order valence-corrected chi connectivity index (χ4v) is 6.90. The third-order valence-corrected chi connectivity index (χ3v) is 9.15. The van der Waals surface area contributed by atoms with Gasteiger partial charge in [0.15, 0.2) is 17.2 Å². The van der Waals surface area contributed by atoms with Crippen molar-refractivity contribution in [2.24, 2.45) is 0 Å². The van der Waals surface area contributed by atoms with Crippen molar-refractivity contribution < 1.29 is 4.42 Å². The summed E-state index contributed by atoms with van der Waals surface area (Å²) in [6.07, 6.45) is 3.53. The molecule has 0 atom stereocenters. The van der Waals surface area contributed by atoms with E-state index < -0.39 is 0 Å². The van der Waals surface area contributed by atoms with E-state index >= 15 is 0 Å². The lowest BCUT2D eigenvalue weighted by molar-refractivity contribution is 0.667. The quantitative estimate of drug-likeness (QED) is 0.197. The summed E-state index contributed by atoms with van der Waals surface area (Å²) in [7, 11) is 0. The zero-order chi connectivity index (χ0) is 31.6. The molecule has 0 aliphatic heterocycles. The molecule has 0 unspecified atom stereocenters. The van der Waals surface area contributed by atoms with E-state index in [1.165, 1.54) is 16.3 Å². The van der Waals surface area contributed by atoms with Crippen molar-refractivity contribution in [3.63, 3.8) is 0 Å². The monoisotopic (exact) mass is 615 g/mol. The van der Waals surface area contributed by atoms with E-state index in [0.29, 0.717) is 17.6 Å². The van der Waals surface area contributed by atoms with Gasteiger partial charge in [0.05, 0.1) is 17.2 Å². The van der Waals surface area contributed by atoms with E-state index in [1.807, 2.05) is 54.6 Å². The van der Waals surface area contributed by atoms with Crippen molar-refractivity contribution >= 4 is 54.5 Å². The summed E-state index contributed by atoms with van der Waals surface area (Å²) in [5.74, 6) is 1.72. The standard InChI is InChI=1S/C42H25N5O/c1-2-10-27(11-3-1)40-44-41(33-14-8-16-37-39(33)32-21-22-43-25-38(32)48-37)46-42(45-40)47-35-15-7-6-13-31(35)34-24-30(19-20-36(34)47)29-18-17-26-9-4-5-12-28(26)23-29/h1-25H. The first-order valence-electron chi connectivity index (χ1n) is 15.9. The SMILES string of the molecule is c1ccc(-c2nc(-c3cccc4oc5cnccc5c34)nc(-n3c4ccccc4c4cc(-c5ccc6ccccc6c5)ccc43)n2)cc1. The van der Waals surface area contributed by atoms with Gasteiger partial charge in [-0.15, -0.1) is 0 Å². The summed E-state index contributed by atoms with van der Waals surface area (Å²) in [4.78, 5) is 19.7. The van der Waals surface area contributed by atoms with Crippen LogP contribution in [0, 0.1) is 0 Å². The van der Waals surface area contributed by atoms with Crippen LogP contribution in [-0.4, -0.2) is 24.5 Å². The van der Waals surface area contributed by atoms with Gasteiger partial charge in [-0.25, -0.2) is 4.98 Å². The minimum absolute atomic E-state index is 0.551. The molecule has 4 aromatic heterocycles. The molecule has 0 fully saturated rings. The number of pyridine rings is 1. The predicted molar refractivity (Wildman–Crippen MR) is 193 cm³/mol. The van der Waals surface area contributed by atoms with Gasteiger partial charge in [0.1, 0.15) is 5.58 Å². The van der Waals surface area contributed by atoms with Gasteiger partial charge in [-0.2, -0.15) is 9.97 Å². The number of benzene rings is 6. The van der Waals surface area contributed by atoms with Crippen molar-refractivity contribution in [1.29, 1.82) is 0 Å². The van der Waals surface area contributed by atoms with Crippen molar-refractivity contribution in [2.75, 3.05) is 0 Å². The van der Waals surface area contributed by atoms with Crippen LogP contribution >= 0.6 is 0 Å². The maximum Gasteiger partial charge on any atom is 0.238 e. The molecule has 224 valence electrons. The third-order valence-electron chi connectivity index (χ3n) is 9.15. The number of rotatable bonds is 4. The van der Waals surface area contributed by atoms with E-state index in [-0.39, 0.29) is 0 Å². The number of fused-ring (bicyclic) bond motifs is 7. The Morgan fingerprint density at radius 3 is 2.19 bits per heavy atom. The van der Waals surface area contributed by atoms with Crippen LogP contribution in [0.4, 0.5) is 0 Å². The molecule has 0 N–H and O–H groups in total. The van der Waals surface area contributed by atoms with E-state index in [1.54, 1.807) is 12.4 Å². The highest BCUT2D eigenvalue weighted by Crippen LogP contribution is 2.38. The van der Waals surface area contributed by atoms with Gasteiger partial charge >= 0.3 is 0 Å². The zero-order valence-electron chi connectivity index (χ0n) is 25.6. The van der Waals surface area contributed by atoms with Crippen LogP contribution in [0.3, 0.4) is 0 Å². The molecule has 0 saturated carbocycles. The summed E-state index contributed by atoms with van der Waals surface area (Å²) in [6, 6.07) is 48.3. The molecular weight excluding hydrogens is 590 g/mol. The highest BCUT2D eigenvalue weighted by molar-refractivity contribution is 6.12. The number of aromatic nitrogens is 5.